The molecule has 1 aliphatic carbocycles. The quantitative estimate of drug-likeness (QED) is 0.920. The number of rotatable bonds is 4. The lowest BCUT2D eigenvalue weighted by atomic mass is 9.85. The highest BCUT2D eigenvalue weighted by Crippen LogP contribution is 2.47. The van der Waals surface area contributed by atoms with Crippen molar-refractivity contribution in [3.63, 3.8) is 0 Å². The van der Waals surface area contributed by atoms with Gasteiger partial charge in [-0.15, -0.1) is 0 Å². The number of fused-ring (bicyclic) bond motifs is 1. The Morgan fingerprint density at radius 2 is 2.05 bits per heavy atom. The molecule has 21 heavy (non-hydrogen) atoms. The Bertz CT molecular complexity index is 492. The van der Waals surface area contributed by atoms with Crippen molar-refractivity contribution in [2.24, 2.45) is 0 Å². The highest BCUT2D eigenvalue weighted by atomic mass is 16.5. The summed E-state index contributed by atoms with van der Waals surface area (Å²) in [6.07, 6.45) is 6.17. The van der Waals surface area contributed by atoms with E-state index in [-0.39, 0.29) is 5.60 Å². The molecule has 1 heterocycles. The van der Waals surface area contributed by atoms with E-state index >= 15 is 0 Å². The molecule has 0 radical (unpaired) electrons. The molecule has 1 saturated carbocycles. The maximum atomic E-state index is 6.44. The molecular weight excluding hydrogens is 260 g/mol. The molecular formula is C18H28N2O. The highest BCUT2D eigenvalue weighted by Gasteiger charge is 2.42. The van der Waals surface area contributed by atoms with E-state index in [2.05, 4.69) is 49.4 Å². The van der Waals surface area contributed by atoms with Gasteiger partial charge >= 0.3 is 0 Å². The second-order valence-electron chi connectivity index (χ2n) is 7.05. The molecule has 1 aliphatic heterocycles. The van der Waals surface area contributed by atoms with Crippen molar-refractivity contribution in [2.45, 2.75) is 50.7 Å². The number of hydrogen-bond donors (Lipinski definition) is 1. The fourth-order valence-electron chi connectivity index (χ4n) is 3.76. The number of ether oxygens (including phenoxy) is 1. The monoisotopic (exact) mass is 288 g/mol. The summed E-state index contributed by atoms with van der Waals surface area (Å²) < 4.78 is 6.44. The van der Waals surface area contributed by atoms with E-state index in [4.69, 9.17) is 4.74 Å². The topological polar surface area (TPSA) is 24.5 Å². The SMILES string of the molecule is Cc1ccc2c(c1)C(NCCN(C)C)CC1(CCCC1)O2. The van der Waals surface area contributed by atoms with Crippen LogP contribution in [-0.2, 0) is 0 Å². The molecule has 1 unspecified atom stereocenters. The smallest absolute Gasteiger partial charge is 0.124 e. The van der Waals surface area contributed by atoms with Gasteiger partial charge in [0.2, 0.25) is 0 Å². The molecule has 3 rings (SSSR count). The minimum atomic E-state index is 0.0953. The Hall–Kier alpha value is -1.06. The van der Waals surface area contributed by atoms with Crippen molar-refractivity contribution < 1.29 is 4.74 Å². The van der Waals surface area contributed by atoms with Gasteiger partial charge in [-0.25, -0.2) is 0 Å². The molecule has 3 nitrogen and oxygen atoms in total. The van der Waals surface area contributed by atoms with Crippen LogP contribution in [0.3, 0.4) is 0 Å². The van der Waals surface area contributed by atoms with Crippen LogP contribution >= 0.6 is 0 Å². The molecule has 0 aromatic heterocycles. The maximum Gasteiger partial charge on any atom is 0.124 e. The Morgan fingerprint density at radius 1 is 1.29 bits per heavy atom. The van der Waals surface area contributed by atoms with Gasteiger partial charge in [0.1, 0.15) is 11.4 Å². The zero-order chi connectivity index (χ0) is 14.9. The van der Waals surface area contributed by atoms with Crippen LogP contribution in [0.15, 0.2) is 18.2 Å². The lowest BCUT2D eigenvalue weighted by Crippen LogP contribution is -2.43. The third-order valence-electron chi connectivity index (χ3n) is 4.91. The fourth-order valence-corrected chi connectivity index (χ4v) is 3.76. The number of nitrogens with zero attached hydrogens (tertiary/aromatic N) is 1. The molecule has 0 saturated heterocycles. The summed E-state index contributed by atoms with van der Waals surface area (Å²) >= 11 is 0. The number of aryl methyl sites for hydroxylation is 1. The van der Waals surface area contributed by atoms with Crippen LogP contribution in [0.25, 0.3) is 0 Å². The van der Waals surface area contributed by atoms with E-state index < -0.39 is 0 Å². The normalized spacial score (nSPS) is 23.3. The van der Waals surface area contributed by atoms with Gasteiger partial charge in [-0.2, -0.15) is 0 Å². The minimum absolute atomic E-state index is 0.0953. The average molecular weight is 288 g/mol. The van der Waals surface area contributed by atoms with Gasteiger partial charge in [0.15, 0.2) is 0 Å². The second-order valence-corrected chi connectivity index (χ2v) is 7.05. The zero-order valence-corrected chi connectivity index (χ0v) is 13.6. The van der Waals surface area contributed by atoms with E-state index in [0.717, 1.165) is 25.3 Å². The van der Waals surface area contributed by atoms with Crippen molar-refractivity contribution >= 4 is 0 Å². The third kappa shape index (κ3) is 3.24. The van der Waals surface area contributed by atoms with Crippen LogP contribution in [0.4, 0.5) is 0 Å². The molecule has 2 aliphatic rings. The lowest BCUT2D eigenvalue weighted by Gasteiger charge is -2.40. The Morgan fingerprint density at radius 3 is 2.76 bits per heavy atom. The first-order valence-electron chi connectivity index (χ1n) is 8.26. The molecule has 1 spiro atoms. The van der Waals surface area contributed by atoms with Crippen LogP contribution in [-0.4, -0.2) is 37.7 Å². The van der Waals surface area contributed by atoms with Gasteiger partial charge in [0.25, 0.3) is 0 Å². The maximum absolute atomic E-state index is 6.44. The molecule has 3 heteroatoms. The summed E-state index contributed by atoms with van der Waals surface area (Å²) in [6, 6.07) is 7.07. The third-order valence-corrected chi connectivity index (χ3v) is 4.91. The molecule has 1 N–H and O–H groups in total. The van der Waals surface area contributed by atoms with E-state index in [0.29, 0.717) is 6.04 Å². The Balaban J connectivity index is 1.81. The van der Waals surface area contributed by atoms with Crippen molar-refractivity contribution in [2.75, 3.05) is 27.2 Å². The molecule has 0 bridgehead atoms. The van der Waals surface area contributed by atoms with Gasteiger partial charge in [-0.05, 0) is 52.8 Å². The minimum Gasteiger partial charge on any atom is -0.487 e. The highest BCUT2D eigenvalue weighted by molar-refractivity contribution is 5.42. The summed E-state index contributed by atoms with van der Waals surface area (Å²) in [5.74, 6) is 1.11. The number of likely N-dealkylation sites (N-methyl/N-ethyl adjacent to an activating group) is 1. The van der Waals surface area contributed by atoms with Gasteiger partial charge < -0.3 is 15.0 Å². The van der Waals surface area contributed by atoms with Crippen molar-refractivity contribution in [3.05, 3.63) is 29.3 Å². The molecule has 1 aromatic rings. The fraction of sp³-hybridized carbons (Fsp3) is 0.667. The first-order chi connectivity index (χ1) is 10.1. The predicted molar refractivity (Wildman–Crippen MR) is 86.9 cm³/mol. The molecule has 1 aromatic carbocycles. The summed E-state index contributed by atoms with van der Waals surface area (Å²) in [7, 11) is 4.25. The van der Waals surface area contributed by atoms with Gasteiger partial charge in [0, 0.05) is 31.1 Å². The Kier molecular flexibility index (Phi) is 4.23. The van der Waals surface area contributed by atoms with Crippen LogP contribution < -0.4 is 10.1 Å². The molecule has 1 atom stereocenters. The summed E-state index contributed by atoms with van der Waals surface area (Å²) in [4.78, 5) is 2.23. The van der Waals surface area contributed by atoms with E-state index in [1.165, 1.54) is 36.8 Å². The number of nitrogens with one attached hydrogen (secondary N) is 1. The molecule has 116 valence electrons. The zero-order valence-electron chi connectivity index (χ0n) is 13.6. The second kappa shape index (κ2) is 5.98. The van der Waals surface area contributed by atoms with E-state index in [1.54, 1.807) is 0 Å². The van der Waals surface area contributed by atoms with Gasteiger partial charge in [-0.1, -0.05) is 17.7 Å². The van der Waals surface area contributed by atoms with Crippen molar-refractivity contribution in [1.29, 1.82) is 0 Å². The lowest BCUT2D eigenvalue weighted by molar-refractivity contribution is 0.0365. The summed E-state index contributed by atoms with van der Waals surface area (Å²) in [6.45, 7) is 4.27. The van der Waals surface area contributed by atoms with E-state index in [1.807, 2.05) is 0 Å². The van der Waals surface area contributed by atoms with Crippen LogP contribution in [0.2, 0.25) is 0 Å². The predicted octanol–water partition coefficient (Wildman–Crippen LogP) is 3.28. The van der Waals surface area contributed by atoms with Gasteiger partial charge in [0.05, 0.1) is 0 Å². The largest absolute Gasteiger partial charge is 0.487 e. The van der Waals surface area contributed by atoms with E-state index in [9.17, 15) is 0 Å². The van der Waals surface area contributed by atoms with Crippen LogP contribution in [0, 0.1) is 6.92 Å². The number of benzene rings is 1. The van der Waals surface area contributed by atoms with Crippen LogP contribution in [0.5, 0.6) is 5.75 Å². The standard InChI is InChI=1S/C18H28N2O/c1-14-6-7-17-15(12-14)16(19-10-11-20(2)3)13-18(21-17)8-4-5-9-18/h6-7,12,16,19H,4-5,8-11,13H2,1-3H3. The first kappa shape index (κ1) is 14.9. The molecule has 0 amide bonds. The van der Waals surface area contributed by atoms with Crippen LogP contribution in [0.1, 0.15) is 49.3 Å². The molecule has 1 fully saturated rings. The average Bonchev–Trinajstić information content (AvgIpc) is 2.87. The van der Waals surface area contributed by atoms with Crippen molar-refractivity contribution in [1.82, 2.24) is 10.2 Å². The number of hydrogen-bond acceptors (Lipinski definition) is 3. The summed E-state index contributed by atoms with van der Waals surface area (Å²) in [5, 5.41) is 3.77. The van der Waals surface area contributed by atoms with Gasteiger partial charge in [-0.3, -0.25) is 0 Å². The summed E-state index contributed by atoms with van der Waals surface area (Å²) in [5.41, 5.74) is 2.77. The Labute approximate surface area is 128 Å². The first-order valence-corrected chi connectivity index (χ1v) is 8.26. The van der Waals surface area contributed by atoms with Crippen molar-refractivity contribution in [3.8, 4) is 5.75 Å².